The molecule has 3 heteroatoms. The zero-order chi connectivity index (χ0) is 11.7. The summed E-state index contributed by atoms with van der Waals surface area (Å²) in [6.07, 6.45) is 8.09. The van der Waals surface area contributed by atoms with Crippen molar-refractivity contribution in [2.45, 2.75) is 12.8 Å². The highest BCUT2D eigenvalue weighted by atomic mass is 14.9. The molecule has 86 valence electrons. The summed E-state index contributed by atoms with van der Waals surface area (Å²) >= 11 is 0. The van der Waals surface area contributed by atoms with Crippen molar-refractivity contribution in [3.8, 4) is 6.07 Å². The van der Waals surface area contributed by atoms with Gasteiger partial charge in [-0.25, -0.2) is 0 Å². The van der Waals surface area contributed by atoms with Gasteiger partial charge in [-0.05, 0) is 55.0 Å². The molecule has 17 heavy (non-hydrogen) atoms. The van der Waals surface area contributed by atoms with Gasteiger partial charge in [0.25, 0.3) is 0 Å². The molecule has 2 heterocycles. The first kappa shape index (κ1) is 10.5. The van der Waals surface area contributed by atoms with Crippen molar-refractivity contribution in [3.63, 3.8) is 0 Å². The number of rotatable bonds is 1. The lowest BCUT2D eigenvalue weighted by Crippen LogP contribution is -2.16. The Hall–Kier alpha value is -1.66. The van der Waals surface area contributed by atoms with Crippen LogP contribution in [0.5, 0.6) is 0 Å². The minimum Gasteiger partial charge on any atom is -0.316 e. The van der Waals surface area contributed by atoms with E-state index < -0.39 is 0 Å². The Bertz CT molecular complexity index is 498. The fourth-order valence-electron chi connectivity index (χ4n) is 2.87. The molecule has 1 fully saturated rings. The number of fused-ring (bicyclic) bond motifs is 1. The molecule has 1 aliphatic carbocycles. The smallest absolute Gasteiger partial charge is 0.101 e. The fourth-order valence-corrected chi connectivity index (χ4v) is 2.87. The average Bonchev–Trinajstić information content (AvgIpc) is 2.86. The maximum absolute atomic E-state index is 8.89. The van der Waals surface area contributed by atoms with Crippen LogP contribution in [0, 0.1) is 23.2 Å². The Balaban J connectivity index is 1.87. The van der Waals surface area contributed by atoms with Gasteiger partial charge < -0.3 is 5.32 Å². The number of allylic oxidation sites excluding steroid dienone is 2. The Morgan fingerprint density at radius 2 is 2.18 bits per heavy atom. The van der Waals surface area contributed by atoms with Gasteiger partial charge in [0.15, 0.2) is 0 Å². The second-order valence-corrected chi connectivity index (χ2v) is 4.92. The van der Waals surface area contributed by atoms with Crippen molar-refractivity contribution >= 4 is 5.57 Å². The van der Waals surface area contributed by atoms with E-state index in [1.807, 2.05) is 12.3 Å². The molecule has 3 rings (SSSR count). The lowest BCUT2D eigenvalue weighted by Gasteiger charge is -2.24. The van der Waals surface area contributed by atoms with Crippen LogP contribution in [0.4, 0.5) is 0 Å². The van der Waals surface area contributed by atoms with E-state index >= 15 is 0 Å². The van der Waals surface area contributed by atoms with Crippen LogP contribution in [0.3, 0.4) is 0 Å². The number of nitriles is 1. The summed E-state index contributed by atoms with van der Waals surface area (Å²) < 4.78 is 0. The van der Waals surface area contributed by atoms with E-state index in [1.54, 1.807) is 6.20 Å². The van der Waals surface area contributed by atoms with Crippen LogP contribution >= 0.6 is 0 Å². The maximum atomic E-state index is 8.89. The van der Waals surface area contributed by atoms with Gasteiger partial charge in [0.2, 0.25) is 0 Å². The molecule has 1 saturated heterocycles. The van der Waals surface area contributed by atoms with Crippen LogP contribution in [-0.2, 0) is 0 Å². The number of hydrogen-bond donors (Lipinski definition) is 1. The Morgan fingerprint density at radius 1 is 1.29 bits per heavy atom. The number of nitrogens with zero attached hydrogens (tertiary/aromatic N) is 2. The molecular weight excluding hydrogens is 210 g/mol. The molecule has 0 unspecified atom stereocenters. The van der Waals surface area contributed by atoms with Crippen LogP contribution in [0.15, 0.2) is 24.5 Å². The Labute approximate surface area is 101 Å². The summed E-state index contributed by atoms with van der Waals surface area (Å²) in [6, 6.07) is 4.10. The number of pyridine rings is 1. The SMILES string of the molecule is N#Cc1cncc(C2=CC[C@H]3CNC[C@H]3C2)c1. The minimum absolute atomic E-state index is 0.648. The lowest BCUT2D eigenvalue weighted by atomic mass is 9.80. The van der Waals surface area contributed by atoms with E-state index in [4.69, 9.17) is 5.26 Å². The maximum Gasteiger partial charge on any atom is 0.101 e. The first-order valence-electron chi connectivity index (χ1n) is 6.12. The molecule has 0 bridgehead atoms. The zero-order valence-electron chi connectivity index (χ0n) is 9.69. The first-order valence-corrected chi connectivity index (χ1v) is 6.12. The number of hydrogen-bond acceptors (Lipinski definition) is 3. The third kappa shape index (κ3) is 1.96. The first-order chi connectivity index (χ1) is 8.36. The standard InChI is InChI=1S/C14H15N3/c15-5-10-3-13(8-16-6-10)11-1-2-12-7-17-9-14(12)4-11/h1,3,6,8,12,14,17H,2,4,7,9H2/t12-,14+/m0/s1. The average molecular weight is 225 g/mol. The summed E-state index contributed by atoms with van der Waals surface area (Å²) in [6.45, 7) is 2.29. The quantitative estimate of drug-likeness (QED) is 0.795. The van der Waals surface area contributed by atoms with E-state index in [-0.39, 0.29) is 0 Å². The van der Waals surface area contributed by atoms with Crippen molar-refractivity contribution in [2.24, 2.45) is 11.8 Å². The molecule has 0 aromatic carbocycles. The number of nitrogens with one attached hydrogen (secondary N) is 1. The third-order valence-electron chi connectivity index (χ3n) is 3.87. The van der Waals surface area contributed by atoms with Crippen LogP contribution in [0.1, 0.15) is 24.0 Å². The van der Waals surface area contributed by atoms with E-state index in [9.17, 15) is 0 Å². The highest BCUT2D eigenvalue weighted by molar-refractivity contribution is 5.67. The minimum atomic E-state index is 0.648. The van der Waals surface area contributed by atoms with Crippen molar-refractivity contribution < 1.29 is 0 Å². The van der Waals surface area contributed by atoms with E-state index in [0.29, 0.717) is 5.56 Å². The lowest BCUT2D eigenvalue weighted by molar-refractivity contribution is 0.418. The second kappa shape index (κ2) is 4.31. The molecule has 1 aromatic heterocycles. The molecule has 2 aliphatic rings. The topological polar surface area (TPSA) is 48.7 Å². The Kier molecular flexibility index (Phi) is 2.66. The van der Waals surface area contributed by atoms with Gasteiger partial charge in [0.1, 0.15) is 6.07 Å². The van der Waals surface area contributed by atoms with Crippen LogP contribution in [0.2, 0.25) is 0 Å². The summed E-state index contributed by atoms with van der Waals surface area (Å²) in [7, 11) is 0. The van der Waals surface area contributed by atoms with Gasteiger partial charge in [0, 0.05) is 12.4 Å². The molecular formula is C14H15N3. The highest BCUT2D eigenvalue weighted by Gasteiger charge is 2.30. The third-order valence-corrected chi connectivity index (χ3v) is 3.87. The normalized spacial score (nSPS) is 27.1. The molecule has 1 aliphatic heterocycles. The summed E-state index contributed by atoms with van der Waals surface area (Å²) in [5.41, 5.74) is 3.13. The summed E-state index contributed by atoms with van der Waals surface area (Å²) in [4.78, 5) is 4.14. The van der Waals surface area contributed by atoms with Gasteiger partial charge in [0.05, 0.1) is 5.56 Å². The molecule has 0 amide bonds. The molecule has 0 spiro atoms. The Morgan fingerprint density at radius 3 is 3.06 bits per heavy atom. The van der Waals surface area contributed by atoms with Crippen LogP contribution in [0.25, 0.3) is 5.57 Å². The van der Waals surface area contributed by atoms with Crippen molar-refractivity contribution in [1.82, 2.24) is 10.3 Å². The van der Waals surface area contributed by atoms with Crippen molar-refractivity contribution in [1.29, 1.82) is 5.26 Å². The molecule has 3 nitrogen and oxygen atoms in total. The van der Waals surface area contributed by atoms with Gasteiger partial charge >= 0.3 is 0 Å². The van der Waals surface area contributed by atoms with Gasteiger partial charge in [-0.2, -0.15) is 5.26 Å². The predicted molar refractivity (Wildman–Crippen MR) is 66.0 cm³/mol. The molecule has 1 N–H and O–H groups in total. The molecule has 1 aromatic rings. The summed E-state index contributed by atoms with van der Waals surface area (Å²) in [5.74, 6) is 1.58. The molecule has 0 radical (unpaired) electrons. The number of aromatic nitrogens is 1. The molecule has 2 atom stereocenters. The van der Waals surface area contributed by atoms with Crippen LogP contribution in [-0.4, -0.2) is 18.1 Å². The highest BCUT2D eigenvalue weighted by Crippen LogP contribution is 2.36. The van der Waals surface area contributed by atoms with E-state index in [2.05, 4.69) is 22.4 Å². The summed E-state index contributed by atoms with van der Waals surface area (Å²) in [5, 5.41) is 12.3. The zero-order valence-corrected chi connectivity index (χ0v) is 9.69. The van der Waals surface area contributed by atoms with Gasteiger partial charge in [-0.15, -0.1) is 0 Å². The predicted octanol–water partition coefficient (Wildman–Crippen LogP) is 1.97. The monoisotopic (exact) mass is 225 g/mol. The van der Waals surface area contributed by atoms with Crippen molar-refractivity contribution in [2.75, 3.05) is 13.1 Å². The van der Waals surface area contributed by atoms with Gasteiger partial charge in [-0.3, -0.25) is 4.98 Å². The van der Waals surface area contributed by atoms with Crippen molar-refractivity contribution in [3.05, 3.63) is 35.7 Å². The second-order valence-electron chi connectivity index (χ2n) is 4.92. The fraction of sp³-hybridized carbons (Fsp3) is 0.429. The van der Waals surface area contributed by atoms with E-state index in [1.165, 1.54) is 5.57 Å². The van der Waals surface area contributed by atoms with E-state index in [0.717, 1.165) is 43.3 Å². The molecule has 0 saturated carbocycles. The van der Waals surface area contributed by atoms with Gasteiger partial charge in [-0.1, -0.05) is 6.08 Å². The largest absolute Gasteiger partial charge is 0.316 e. The van der Waals surface area contributed by atoms with Crippen LogP contribution < -0.4 is 5.32 Å².